The molecule has 0 spiro atoms. The minimum Gasteiger partial charge on any atom is -0.462 e. The molecule has 7 nitrogen and oxygen atoms in total. The van der Waals surface area contributed by atoms with Crippen molar-refractivity contribution in [2.45, 2.75) is 39.0 Å². The van der Waals surface area contributed by atoms with Crippen LogP contribution in [0.2, 0.25) is 0 Å². The van der Waals surface area contributed by atoms with Gasteiger partial charge in [0.15, 0.2) is 5.69 Å². The average Bonchev–Trinajstić information content (AvgIpc) is 3.08. The molecule has 0 saturated heterocycles. The fraction of sp³-hybridized carbons (Fsp3) is 0.500. The van der Waals surface area contributed by atoms with E-state index in [1.54, 1.807) is 0 Å². The van der Waals surface area contributed by atoms with Gasteiger partial charge in [-0.15, -0.1) is 5.10 Å². The van der Waals surface area contributed by atoms with Crippen LogP contribution in [-0.2, 0) is 23.5 Å². The number of carbonyl (C=O) groups is 1. The molecule has 2 aromatic heterocycles. The number of alkyl halides is 8. The quantitative estimate of drug-likeness (QED) is 0.528. The van der Waals surface area contributed by atoms with E-state index in [4.69, 9.17) is 0 Å². The molecule has 0 aliphatic rings. The van der Waals surface area contributed by atoms with E-state index >= 15 is 0 Å². The predicted molar refractivity (Wildman–Crippen MR) is 77.2 cm³/mol. The van der Waals surface area contributed by atoms with Crippen LogP contribution < -0.4 is 0 Å². The lowest BCUT2D eigenvalue weighted by molar-refractivity contribution is -0.147. The van der Waals surface area contributed by atoms with Gasteiger partial charge in [0.25, 0.3) is 12.2 Å². The van der Waals surface area contributed by atoms with Crippen molar-refractivity contribution in [3.8, 4) is 5.69 Å². The SMILES string of the molecule is CCOC(=O)c1c(C(F)(F)F)nc(C(F)F)c(-n2nnnc2C(F)(F)F)c1CC. The summed E-state index contributed by atoms with van der Waals surface area (Å²) < 4.78 is 111. The summed E-state index contributed by atoms with van der Waals surface area (Å²) in [5, 5.41) is 8.41. The van der Waals surface area contributed by atoms with Crippen LogP contribution in [0.4, 0.5) is 35.1 Å². The number of halogens is 8. The third-order valence-corrected chi connectivity index (χ3v) is 3.54. The van der Waals surface area contributed by atoms with Gasteiger partial charge in [0.1, 0.15) is 11.4 Å². The van der Waals surface area contributed by atoms with Crippen LogP contribution in [0, 0.1) is 0 Å². The molecule has 15 heteroatoms. The summed E-state index contributed by atoms with van der Waals surface area (Å²) in [7, 11) is 0. The van der Waals surface area contributed by atoms with Crippen molar-refractivity contribution in [2.24, 2.45) is 0 Å². The van der Waals surface area contributed by atoms with Gasteiger partial charge in [-0.1, -0.05) is 6.92 Å². The first-order chi connectivity index (χ1) is 13.3. The fourth-order valence-electron chi connectivity index (χ4n) is 2.52. The molecule has 0 atom stereocenters. The second kappa shape index (κ2) is 7.87. The average molecular weight is 433 g/mol. The molecule has 0 bridgehead atoms. The van der Waals surface area contributed by atoms with Crippen LogP contribution in [0.1, 0.15) is 53.4 Å². The summed E-state index contributed by atoms with van der Waals surface area (Å²) in [5.41, 5.74) is -6.95. The van der Waals surface area contributed by atoms with Crippen molar-refractivity contribution in [3.63, 3.8) is 0 Å². The first-order valence-corrected chi connectivity index (χ1v) is 7.79. The molecular weight excluding hydrogens is 422 g/mol. The first kappa shape index (κ1) is 22.4. The van der Waals surface area contributed by atoms with Gasteiger partial charge in [-0.3, -0.25) is 0 Å². The molecule has 0 aliphatic heterocycles. The summed E-state index contributed by atoms with van der Waals surface area (Å²) in [4.78, 5) is 14.9. The Hall–Kier alpha value is -2.87. The van der Waals surface area contributed by atoms with E-state index in [1.165, 1.54) is 6.92 Å². The number of tetrazole rings is 1. The molecule has 160 valence electrons. The van der Waals surface area contributed by atoms with E-state index in [1.807, 2.05) is 0 Å². The lowest BCUT2D eigenvalue weighted by atomic mass is 9.99. The number of hydrogen-bond donors (Lipinski definition) is 0. The minimum atomic E-state index is -5.37. The Balaban J connectivity index is 3.03. The predicted octanol–water partition coefficient (Wildman–Crippen LogP) is 3.77. The largest absolute Gasteiger partial charge is 0.462 e. The molecule has 0 unspecified atom stereocenters. The summed E-state index contributed by atoms with van der Waals surface area (Å²) >= 11 is 0. The van der Waals surface area contributed by atoms with E-state index in [9.17, 15) is 39.9 Å². The lowest BCUT2D eigenvalue weighted by Gasteiger charge is -2.21. The van der Waals surface area contributed by atoms with Gasteiger partial charge in [-0.05, 0) is 29.3 Å². The van der Waals surface area contributed by atoms with Crippen molar-refractivity contribution in [1.82, 2.24) is 25.2 Å². The summed E-state index contributed by atoms with van der Waals surface area (Å²) in [6, 6.07) is 0. The van der Waals surface area contributed by atoms with E-state index in [0.717, 1.165) is 6.92 Å². The highest BCUT2D eigenvalue weighted by Gasteiger charge is 2.44. The Labute approximate surface area is 156 Å². The molecule has 0 radical (unpaired) electrons. The topological polar surface area (TPSA) is 82.8 Å². The zero-order valence-electron chi connectivity index (χ0n) is 14.6. The summed E-state index contributed by atoms with van der Waals surface area (Å²) in [6.45, 7) is 2.03. The maximum atomic E-state index is 13.5. The Morgan fingerprint density at radius 1 is 1.10 bits per heavy atom. The molecular formula is C14H11F8N5O2. The van der Waals surface area contributed by atoms with Gasteiger partial charge in [0, 0.05) is 0 Å². The molecule has 0 fully saturated rings. The lowest BCUT2D eigenvalue weighted by Crippen LogP contribution is -2.25. The van der Waals surface area contributed by atoms with Gasteiger partial charge in [0.05, 0.1) is 12.2 Å². The van der Waals surface area contributed by atoms with Crippen LogP contribution in [0.5, 0.6) is 0 Å². The standard InChI is InChI=1S/C14H11F8N5O2/c1-3-5-6(11(28)29-4-2)9(13(17,18)19)23-7(10(15)16)8(5)27-12(14(20,21)22)24-25-26-27/h10H,3-4H2,1-2H3. The number of aromatic nitrogens is 5. The van der Waals surface area contributed by atoms with E-state index < -0.39 is 65.2 Å². The van der Waals surface area contributed by atoms with Crippen LogP contribution in [-0.4, -0.2) is 37.8 Å². The smallest absolute Gasteiger partial charge is 0.453 e. The molecule has 0 N–H and O–H groups in total. The van der Waals surface area contributed by atoms with Crippen molar-refractivity contribution < 1.29 is 44.7 Å². The summed E-state index contributed by atoms with van der Waals surface area (Å²) in [5.74, 6) is -3.47. The molecule has 2 heterocycles. The zero-order chi connectivity index (χ0) is 22.1. The van der Waals surface area contributed by atoms with Crippen LogP contribution >= 0.6 is 0 Å². The van der Waals surface area contributed by atoms with E-state index in [0.29, 0.717) is 0 Å². The summed E-state index contributed by atoms with van der Waals surface area (Å²) in [6.07, 6.45) is -14.9. The maximum absolute atomic E-state index is 13.5. The van der Waals surface area contributed by atoms with Crippen LogP contribution in [0.25, 0.3) is 5.69 Å². The Morgan fingerprint density at radius 2 is 1.72 bits per heavy atom. The molecule has 0 saturated carbocycles. The van der Waals surface area contributed by atoms with Crippen LogP contribution in [0.3, 0.4) is 0 Å². The van der Waals surface area contributed by atoms with Crippen molar-refractivity contribution >= 4 is 5.97 Å². The number of rotatable bonds is 5. The monoisotopic (exact) mass is 433 g/mol. The Bertz CT molecular complexity index is 907. The van der Waals surface area contributed by atoms with Crippen molar-refractivity contribution in [1.29, 1.82) is 0 Å². The second-order valence-electron chi connectivity index (χ2n) is 5.33. The number of carbonyl (C=O) groups excluding carboxylic acids is 1. The zero-order valence-corrected chi connectivity index (χ0v) is 14.6. The van der Waals surface area contributed by atoms with Gasteiger partial charge >= 0.3 is 18.3 Å². The van der Waals surface area contributed by atoms with E-state index in [2.05, 4.69) is 25.2 Å². The minimum absolute atomic E-state index is 0.212. The Kier molecular flexibility index (Phi) is 6.08. The fourth-order valence-corrected chi connectivity index (χ4v) is 2.52. The van der Waals surface area contributed by atoms with Gasteiger partial charge in [0.2, 0.25) is 0 Å². The molecule has 2 rings (SSSR count). The number of esters is 1. The molecule has 29 heavy (non-hydrogen) atoms. The highest BCUT2D eigenvalue weighted by atomic mass is 19.4. The normalized spacial score (nSPS) is 12.5. The maximum Gasteiger partial charge on any atom is 0.453 e. The Morgan fingerprint density at radius 3 is 2.17 bits per heavy atom. The number of ether oxygens (including phenoxy) is 1. The third-order valence-electron chi connectivity index (χ3n) is 3.54. The highest BCUT2D eigenvalue weighted by Crippen LogP contribution is 2.39. The van der Waals surface area contributed by atoms with E-state index in [-0.39, 0.29) is 11.3 Å². The van der Waals surface area contributed by atoms with Crippen molar-refractivity contribution in [2.75, 3.05) is 6.61 Å². The van der Waals surface area contributed by atoms with Gasteiger partial charge < -0.3 is 4.74 Å². The van der Waals surface area contributed by atoms with Crippen LogP contribution in [0.15, 0.2) is 0 Å². The number of hydrogen-bond acceptors (Lipinski definition) is 6. The van der Waals surface area contributed by atoms with Gasteiger partial charge in [-0.2, -0.15) is 31.0 Å². The van der Waals surface area contributed by atoms with Crippen molar-refractivity contribution in [3.05, 3.63) is 28.3 Å². The van der Waals surface area contributed by atoms with Gasteiger partial charge in [-0.25, -0.2) is 18.6 Å². The second-order valence-corrected chi connectivity index (χ2v) is 5.33. The number of nitrogens with zero attached hydrogens (tertiary/aromatic N) is 5. The molecule has 2 aromatic rings. The molecule has 0 amide bonds. The number of pyridine rings is 1. The highest BCUT2D eigenvalue weighted by molar-refractivity contribution is 5.94. The molecule has 0 aromatic carbocycles. The third kappa shape index (κ3) is 4.27. The first-order valence-electron chi connectivity index (χ1n) is 7.79. The molecule has 0 aliphatic carbocycles.